The maximum absolute atomic E-state index is 4.30. The number of para-hydroxylation sites is 1. The van der Waals surface area contributed by atoms with Crippen molar-refractivity contribution < 1.29 is 0 Å². The third-order valence-corrected chi connectivity index (χ3v) is 2.28. The van der Waals surface area contributed by atoms with Crippen LogP contribution in [0, 0.1) is 0 Å². The molecule has 0 saturated heterocycles. The maximum Gasteiger partial charge on any atom is 0.0629 e. The van der Waals surface area contributed by atoms with E-state index in [1.165, 1.54) is 0 Å². The Labute approximate surface area is 121 Å². The van der Waals surface area contributed by atoms with Crippen LogP contribution in [0.2, 0.25) is 0 Å². The lowest BCUT2D eigenvalue weighted by Gasteiger charge is -1.98. The molecule has 0 atom stereocenters. The van der Waals surface area contributed by atoms with E-state index in [4.69, 9.17) is 0 Å². The molecule has 0 aliphatic heterocycles. The summed E-state index contributed by atoms with van der Waals surface area (Å²) in [6, 6.07) is 9.84. The highest BCUT2D eigenvalue weighted by Crippen LogP contribution is 2.08. The van der Waals surface area contributed by atoms with Crippen LogP contribution in [0.4, 0.5) is 5.69 Å². The first kappa shape index (κ1) is 15.4. The SMILES string of the molecule is C=C/C=C(\C=C/C)N/C=C/C=C/C=Nc1ccccc1. The zero-order valence-electron chi connectivity index (χ0n) is 11.7. The molecular formula is C18H20N2. The smallest absolute Gasteiger partial charge is 0.0629 e. The van der Waals surface area contributed by atoms with Crippen molar-refractivity contribution in [2.75, 3.05) is 0 Å². The van der Waals surface area contributed by atoms with E-state index in [-0.39, 0.29) is 0 Å². The number of rotatable bonds is 7. The minimum Gasteiger partial charge on any atom is -0.362 e. The predicted molar refractivity (Wildman–Crippen MR) is 89.1 cm³/mol. The van der Waals surface area contributed by atoms with Gasteiger partial charge in [-0.25, -0.2) is 0 Å². The summed E-state index contributed by atoms with van der Waals surface area (Å²) in [6.45, 7) is 5.65. The molecule has 20 heavy (non-hydrogen) atoms. The molecule has 0 heterocycles. The lowest BCUT2D eigenvalue weighted by molar-refractivity contribution is 1.11. The first-order valence-electron chi connectivity index (χ1n) is 6.49. The summed E-state index contributed by atoms with van der Waals surface area (Å²) in [5.74, 6) is 0. The molecule has 0 amide bonds. The highest BCUT2D eigenvalue weighted by molar-refractivity contribution is 5.74. The average Bonchev–Trinajstić information content (AvgIpc) is 2.47. The van der Waals surface area contributed by atoms with Gasteiger partial charge in [0.25, 0.3) is 0 Å². The fourth-order valence-electron chi connectivity index (χ4n) is 1.42. The van der Waals surface area contributed by atoms with Crippen molar-refractivity contribution in [2.45, 2.75) is 6.92 Å². The summed E-state index contributed by atoms with van der Waals surface area (Å²) >= 11 is 0. The van der Waals surface area contributed by atoms with E-state index in [1.54, 1.807) is 12.3 Å². The van der Waals surface area contributed by atoms with E-state index in [1.807, 2.05) is 79.9 Å². The van der Waals surface area contributed by atoms with Crippen LogP contribution in [0.15, 0.2) is 96.3 Å². The minimum atomic E-state index is 0.948. The van der Waals surface area contributed by atoms with Gasteiger partial charge >= 0.3 is 0 Å². The molecule has 102 valence electrons. The first-order valence-corrected chi connectivity index (χ1v) is 6.49. The second-order valence-electron chi connectivity index (χ2n) is 3.86. The molecule has 0 spiro atoms. The third kappa shape index (κ3) is 6.97. The fourth-order valence-corrected chi connectivity index (χ4v) is 1.42. The van der Waals surface area contributed by atoms with Gasteiger partial charge < -0.3 is 5.32 Å². The van der Waals surface area contributed by atoms with Crippen molar-refractivity contribution in [1.82, 2.24) is 5.32 Å². The van der Waals surface area contributed by atoms with Gasteiger partial charge in [0.2, 0.25) is 0 Å². The molecule has 2 heteroatoms. The van der Waals surface area contributed by atoms with Crippen LogP contribution in [-0.4, -0.2) is 6.21 Å². The zero-order chi connectivity index (χ0) is 14.5. The van der Waals surface area contributed by atoms with Gasteiger partial charge in [-0.2, -0.15) is 0 Å². The number of hydrogen-bond donors (Lipinski definition) is 1. The van der Waals surface area contributed by atoms with E-state index in [9.17, 15) is 0 Å². The highest BCUT2D eigenvalue weighted by atomic mass is 14.8. The van der Waals surface area contributed by atoms with Gasteiger partial charge in [0.05, 0.1) is 5.69 Å². The third-order valence-electron chi connectivity index (χ3n) is 2.28. The van der Waals surface area contributed by atoms with E-state index < -0.39 is 0 Å². The molecule has 0 aliphatic carbocycles. The number of allylic oxidation sites excluding steroid dienone is 7. The van der Waals surface area contributed by atoms with E-state index in [0.29, 0.717) is 0 Å². The molecule has 0 bridgehead atoms. The van der Waals surface area contributed by atoms with Gasteiger partial charge in [-0.15, -0.1) is 0 Å². The van der Waals surface area contributed by atoms with Crippen molar-refractivity contribution in [1.29, 1.82) is 0 Å². The standard InChI is InChI=1S/C18H20N2/c1-3-11-17(12-4-2)19-15-9-6-10-16-20-18-13-7-5-8-14-18/h3-16,19H,1H2,2H3/b10-6+,12-4-,15-9+,17-11+,20-16?. The Kier molecular flexibility index (Phi) is 7.97. The van der Waals surface area contributed by atoms with Gasteiger partial charge in [-0.05, 0) is 43.4 Å². The van der Waals surface area contributed by atoms with Crippen molar-refractivity contribution >= 4 is 11.9 Å². The number of nitrogens with zero attached hydrogens (tertiary/aromatic N) is 1. The Bertz CT molecular complexity index is 532. The molecule has 0 fully saturated rings. The second-order valence-corrected chi connectivity index (χ2v) is 3.86. The molecule has 1 aromatic carbocycles. The van der Waals surface area contributed by atoms with Crippen molar-refractivity contribution in [2.24, 2.45) is 4.99 Å². The molecule has 0 unspecified atom stereocenters. The Morgan fingerprint density at radius 1 is 1.15 bits per heavy atom. The van der Waals surface area contributed by atoms with E-state index in [2.05, 4.69) is 16.9 Å². The summed E-state index contributed by atoms with van der Waals surface area (Å²) in [7, 11) is 0. The van der Waals surface area contributed by atoms with Gasteiger partial charge in [-0.1, -0.05) is 43.0 Å². The lowest BCUT2D eigenvalue weighted by atomic mass is 10.3. The second kappa shape index (κ2) is 10.3. The predicted octanol–water partition coefficient (Wildman–Crippen LogP) is 4.69. The van der Waals surface area contributed by atoms with Crippen LogP contribution in [-0.2, 0) is 0 Å². The topological polar surface area (TPSA) is 24.4 Å². The summed E-state index contributed by atoms with van der Waals surface area (Å²) < 4.78 is 0. The summed E-state index contributed by atoms with van der Waals surface area (Å²) in [5.41, 5.74) is 1.94. The first-order chi connectivity index (χ1) is 9.86. The lowest BCUT2D eigenvalue weighted by Crippen LogP contribution is -2.01. The number of hydrogen-bond acceptors (Lipinski definition) is 2. The Morgan fingerprint density at radius 3 is 2.65 bits per heavy atom. The van der Waals surface area contributed by atoms with Crippen LogP contribution in [0.25, 0.3) is 0 Å². The summed E-state index contributed by atoms with van der Waals surface area (Å²) in [5, 5.41) is 3.16. The molecule has 0 radical (unpaired) electrons. The highest BCUT2D eigenvalue weighted by Gasteiger charge is 1.82. The molecule has 1 N–H and O–H groups in total. The van der Waals surface area contributed by atoms with Gasteiger partial charge in [-0.3, -0.25) is 4.99 Å². The normalized spacial score (nSPS) is 12.9. The van der Waals surface area contributed by atoms with Crippen LogP contribution in [0.5, 0.6) is 0 Å². The minimum absolute atomic E-state index is 0.948. The van der Waals surface area contributed by atoms with Crippen LogP contribution in [0.3, 0.4) is 0 Å². The summed E-state index contributed by atoms with van der Waals surface area (Å²) in [6.07, 6.45) is 17.0. The maximum atomic E-state index is 4.30. The monoisotopic (exact) mass is 264 g/mol. The average molecular weight is 264 g/mol. The Morgan fingerprint density at radius 2 is 1.95 bits per heavy atom. The van der Waals surface area contributed by atoms with Gasteiger partial charge in [0, 0.05) is 18.1 Å². The number of aliphatic imine (C=N–C) groups is 1. The van der Waals surface area contributed by atoms with Crippen molar-refractivity contribution in [3.63, 3.8) is 0 Å². The van der Waals surface area contributed by atoms with Crippen molar-refractivity contribution in [3.8, 4) is 0 Å². The van der Waals surface area contributed by atoms with E-state index in [0.717, 1.165) is 11.4 Å². The van der Waals surface area contributed by atoms with Crippen molar-refractivity contribution in [3.05, 3.63) is 91.3 Å². The van der Waals surface area contributed by atoms with Crippen LogP contribution in [0.1, 0.15) is 6.92 Å². The number of nitrogens with one attached hydrogen (secondary N) is 1. The molecule has 2 nitrogen and oxygen atoms in total. The molecule has 0 saturated carbocycles. The fraction of sp³-hybridized carbons (Fsp3) is 0.0556. The molecule has 1 rings (SSSR count). The number of benzene rings is 1. The van der Waals surface area contributed by atoms with Gasteiger partial charge in [0.1, 0.15) is 0 Å². The zero-order valence-corrected chi connectivity index (χ0v) is 11.7. The Balaban J connectivity index is 2.41. The van der Waals surface area contributed by atoms with Crippen LogP contribution < -0.4 is 5.32 Å². The van der Waals surface area contributed by atoms with Crippen LogP contribution >= 0.6 is 0 Å². The quantitative estimate of drug-likeness (QED) is 0.560. The molecular weight excluding hydrogens is 244 g/mol. The van der Waals surface area contributed by atoms with E-state index >= 15 is 0 Å². The molecule has 0 aliphatic rings. The molecule has 0 aromatic heterocycles. The molecule has 1 aromatic rings. The van der Waals surface area contributed by atoms with Gasteiger partial charge in [0.15, 0.2) is 0 Å². The largest absolute Gasteiger partial charge is 0.362 e. The Hall–Kier alpha value is -2.61. The summed E-state index contributed by atoms with van der Waals surface area (Å²) in [4.78, 5) is 4.30.